The summed E-state index contributed by atoms with van der Waals surface area (Å²) in [6.45, 7) is 0.621. The van der Waals surface area contributed by atoms with Crippen LogP contribution in [0.5, 0.6) is 0 Å². The van der Waals surface area contributed by atoms with Crippen molar-refractivity contribution in [3.8, 4) is 11.3 Å². The highest BCUT2D eigenvalue weighted by Gasteiger charge is 2.34. The fraction of sp³-hybridized carbons (Fsp3) is 0.357. The van der Waals surface area contributed by atoms with Crippen molar-refractivity contribution in [2.24, 2.45) is 0 Å². The lowest BCUT2D eigenvalue weighted by Crippen LogP contribution is -2.41. The summed E-state index contributed by atoms with van der Waals surface area (Å²) in [6, 6.07) is 12.7. The topological polar surface area (TPSA) is 116 Å². The van der Waals surface area contributed by atoms with Gasteiger partial charge in [0.2, 0.25) is 11.8 Å². The molecule has 0 saturated carbocycles. The normalized spacial score (nSPS) is 20.0. The summed E-state index contributed by atoms with van der Waals surface area (Å²) in [5.41, 5.74) is 3.48. The van der Waals surface area contributed by atoms with E-state index in [1.165, 1.54) is 7.11 Å². The Morgan fingerprint density at radius 1 is 1.16 bits per heavy atom. The summed E-state index contributed by atoms with van der Waals surface area (Å²) >= 11 is 6.19. The zero-order chi connectivity index (χ0) is 26.6. The molecule has 1 aromatic heterocycles. The molecule has 198 valence electrons. The third-order valence-corrected chi connectivity index (χ3v) is 7.44. The van der Waals surface area contributed by atoms with Crippen molar-refractivity contribution in [1.82, 2.24) is 14.9 Å². The zero-order valence-corrected chi connectivity index (χ0v) is 21.9. The molecular formula is C28H30ClN5O4. The van der Waals surface area contributed by atoms with E-state index in [1.54, 1.807) is 24.4 Å². The highest BCUT2D eigenvalue weighted by molar-refractivity contribution is 6.30. The van der Waals surface area contributed by atoms with E-state index in [1.807, 2.05) is 29.2 Å². The fourth-order valence-electron chi connectivity index (χ4n) is 5.26. The van der Waals surface area contributed by atoms with Gasteiger partial charge in [-0.2, -0.15) is 0 Å². The maximum absolute atomic E-state index is 13.4. The van der Waals surface area contributed by atoms with Gasteiger partial charge in [0.25, 0.3) is 0 Å². The average Bonchev–Trinajstić information content (AvgIpc) is 3.38. The fourth-order valence-corrected chi connectivity index (χ4v) is 5.46. The highest BCUT2D eigenvalue weighted by atomic mass is 35.5. The first-order valence-electron chi connectivity index (χ1n) is 12.8. The molecule has 2 aromatic carbocycles. The van der Waals surface area contributed by atoms with Crippen LogP contribution >= 0.6 is 11.6 Å². The number of carbonyl (C=O) groups is 3. The van der Waals surface area contributed by atoms with Gasteiger partial charge in [0.1, 0.15) is 5.82 Å². The van der Waals surface area contributed by atoms with Crippen LogP contribution in [0.15, 0.2) is 48.7 Å². The molecule has 2 aliphatic heterocycles. The number of nitrogens with zero attached hydrogens (tertiary/aromatic N) is 2. The number of carbonyl (C=O) groups excluding carboxylic acids is 3. The van der Waals surface area contributed by atoms with E-state index >= 15 is 0 Å². The molecule has 10 heteroatoms. The Hall–Kier alpha value is -3.85. The molecule has 38 heavy (non-hydrogen) atoms. The van der Waals surface area contributed by atoms with Crippen molar-refractivity contribution < 1.29 is 19.1 Å². The molecule has 0 spiro atoms. The number of halogens is 1. The van der Waals surface area contributed by atoms with Gasteiger partial charge < -0.3 is 19.9 Å². The van der Waals surface area contributed by atoms with Gasteiger partial charge in [-0.05, 0) is 61.1 Å². The lowest BCUT2D eigenvalue weighted by Gasteiger charge is -2.37. The van der Waals surface area contributed by atoms with Crippen LogP contribution in [0.4, 0.5) is 16.2 Å². The average molecular weight is 536 g/mol. The van der Waals surface area contributed by atoms with Gasteiger partial charge in [-0.3, -0.25) is 14.9 Å². The van der Waals surface area contributed by atoms with Crippen molar-refractivity contribution in [3.63, 3.8) is 0 Å². The number of ether oxygens (including phenoxy) is 1. The minimum atomic E-state index is -0.599. The van der Waals surface area contributed by atoms with Crippen molar-refractivity contribution in [2.45, 2.75) is 50.5 Å². The third-order valence-electron chi connectivity index (χ3n) is 7.20. The summed E-state index contributed by atoms with van der Waals surface area (Å²) in [5.74, 6) is 0.837. The Morgan fingerprint density at radius 3 is 2.82 bits per heavy atom. The Morgan fingerprint density at radius 2 is 2.03 bits per heavy atom. The lowest BCUT2D eigenvalue weighted by atomic mass is 9.88. The van der Waals surface area contributed by atoms with E-state index in [2.05, 4.69) is 20.4 Å². The number of aromatic amines is 1. The Kier molecular flexibility index (Phi) is 7.64. The first kappa shape index (κ1) is 25.8. The van der Waals surface area contributed by atoms with Gasteiger partial charge in [-0.15, -0.1) is 0 Å². The van der Waals surface area contributed by atoms with E-state index in [4.69, 9.17) is 16.6 Å². The minimum absolute atomic E-state index is 0.0907. The number of hydrogen-bond acceptors (Lipinski definition) is 5. The Labute approximate surface area is 225 Å². The lowest BCUT2D eigenvalue weighted by molar-refractivity contribution is -0.137. The molecule has 3 heterocycles. The molecule has 5 rings (SSSR count). The second-order valence-corrected chi connectivity index (χ2v) is 10.1. The van der Waals surface area contributed by atoms with E-state index in [-0.39, 0.29) is 23.8 Å². The zero-order valence-electron chi connectivity index (χ0n) is 21.1. The number of piperidine rings is 1. The SMILES string of the molecule is COC(=O)Nc1ccc2c(c1)NC(=O)CCCC[C@H](N1CCC(c3cccc(Cl)c3)CC1=O)c1nc-2c[nH]1. The van der Waals surface area contributed by atoms with Gasteiger partial charge in [0.05, 0.1) is 24.5 Å². The molecule has 2 atom stereocenters. The number of likely N-dealkylation sites (tertiary alicyclic amines) is 1. The molecule has 1 saturated heterocycles. The van der Waals surface area contributed by atoms with Gasteiger partial charge in [0, 0.05) is 41.9 Å². The molecule has 2 aliphatic rings. The number of imidazole rings is 1. The van der Waals surface area contributed by atoms with E-state index in [0.717, 1.165) is 24.2 Å². The van der Waals surface area contributed by atoms with Crippen molar-refractivity contribution in [3.05, 3.63) is 65.1 Å². The largest absolute Gasteiger partial charge is 0.453 e. The molecule has 3 aromatic rings. The van der Waals surface area contributed by atoms with Crippen molar-refractivity contribution in [1.29, 1.82) is 0 Å². The molecule has 2 bridgehead atoms. The van der Waals surface area contributed by atoms with Crippen LogP contribution < -0.4 is 10.6 Å². The van der Waals surface area contributed by atoms with E-state index < -0.39 is 6.09 Å². The number of anilines is 2. The van der Waals surface area contributed by atoms with Gasteiger partial charge >= 0.3 is 6.09 Å². The van der Waals surface area contributed by atoms with Crippen LogP contribution in [-0.4, -0.2) is 46.4 Å². The van der Waals surface area contributed by atoms with Gasteiger partial charge in [0.15, 0.2) is 0 Å². The number of hydrogen-bond donors (Lipinski definition) is 3. The van der Waals surface area contributed by atoms with Crippen molar-refractivity contribution in [2.75, 3.05) is 24.3 Å². The maximum atomic E-state index is 13.4. The van der Waals surface area contributed by atoms with Crippen LogP contribution in [0.25, 0.3) is 11.3 Å². The second-order valence-electron chi connectivity index (χ2n) is 9.69. The molecule has 1 fully saturated rings. The number of rotatable bonds is 3. The number of H-pyrrole nitrogens is 1. The van der Waals surface area contributed by atoms with Gasteiger partial charge in [-0.1, -0.05) is 30.2 Å². The predicted molar refractivity (Wildman–Crippen MR) is 145 cm³/mol. The number of benzene rings is 2. The monoisotopic (exact) mass is 535 g/mol. The second kappa shape index (κ2) is 11.3. The summed E-state index contributed by atoms with van der Waals surface area (Å²) in [5, 5.41) is 6.26. The third kappa shape index (κ3) is 5.67. The first-order valence-corrected chi connectivity index (χ1v) is 13.2. The van der Waals surface area contributed by atoms with E-state index in [9.17, 15) is 14.4 Å². The summed E-state index contributed by atoms with van der Waals surface area (Å²) in [4.78, 5) is 47.9. The molecule has 0 aliphatic carbocycles. The number of aromatic nitrogens is 2. The van der Waals surface area contributed by atoms with E-state index in [0.29, 0.717) is 59.9 Å². The molecule has 3 N–H and O–H groups in total. The Bertz CT molecular complexity index is 1360. The smallest absolute Gasteiger partial charge is 0.411 e. The minimum Gasteiger partial charge on any atom is -0.453 e. The Balaban J connectivity index is 1.42. The van der Waals surface area contributed by atoms with Gasteiger partial charge in [-0.25, -0.2) is 9.78 Å². The first-order chi connectivity index (χ1) is 18.4. The molecule has 0 radical (unpaired) electrons. The standard InChI is InChI=1S/C28H30ClN5O4/c1-38-28(37)31-20-9-10-21-22(15-20)32-25(35)8-3-2-7-24(27-30-16-23(21)33-27)34-12-11-18(14-26(34)36)17-5-4-6-19(29)13-17/h4-6,9-10,13,15-16,18,24H,2-3,7-8,11-12,14H2,1H3,(H,30,33)(H,31,37)(H,32,35)/t18?,24-/m0/s1. The number of methoxy groups -OCH3 is 1. The summed E-state index contributed by atoms with van der Waals surface area (Å²) < 4.78 is 4.68. The van der Waals surface area contributed by atoms with Crippen LogP contribution in [0.1, 0.15) is 61.9 Å². The van der Waals surface area contributed by atoms with Crippen LogP contribution in [0.3, 0.4) is 0 Å². The summed E-state index contributed by atoms with van der Waals surface area (Å²) in [7, 11) is 1.29. The van der Waals surface area contributed by atoms with Crippen molar-refractivity contribution >= 4 is 40.9 Å². The number of amides is 3. The predicted octanol–water partition coefficient (Wildman–Crippen LogP) is 5.87. The molecule has 1 unspecified atom stereocenters. The molecule has 9 nitrogen and oxygen atoms in total. The maximum Gasteiger partial charge on any atom is 0.411 e. The van der Waals surface area contributed by atoms with Crippen LogP contribution in [0, 0.1) is 0 Å². The summed E-state index contributed by atoms with van der Waals surface area (Å²) in [6.07, 6.45) is 4.97. The molecule has 3 amide bonds. The highest BCUT2D eigenvalue weighted by Crippen LogP contribution is 2.37. The number of fused-ring (bicyclic) bond motifs is 4. The quantitative estimate of drug-likeness (QED) is 0.388. The molecular weight excluding hydrogens is 506 g/mol. The number of nitrogens with one attached hydrogen (secondary N) is 3. The van der Waals surface area contributed by atoms with Crippen LogP contribution in [-0.2, 0) is 14.3 Å². The van der Waals surface area contributed by atoms with Crippen LogP contribution in [0.2, 0.25) is 5.02 Å².